The number of furan rings is 1. The van der Waals surface area contributed by atoms with E-state index in [1.54, 1.807) is 0 Å². The van der Waals surface area contributed by atoms with Gasteiger partial charge in [-0.3, -0.25) is 0 Å². The van der Waals surface area contributed by atoms with Crippen LogP contribution < -0.4 is 0 Å². The molecule has 9 aromatic rings. The van der Waals surface area contributed by atoms with E-state index >= 15 is 0 Å². The monoisotopic (exact) mass is 667 g/mol. The summed E-state index contributed by atoms with van der Waals surface area (Å²) in [7, 11) is 0. The highest BCUT2D eigenvalue weighted by Crippen LogP contribution is 2.51. The molecule has 0 saturated carbocycles. The number of rotatable bonds is 5. The highest BCUT2D eigenvalue weighted by molar-refractivity contribution is 6.13. The molecule has 246 valence electrons. The van der Waals surface area contributed by atoms with Crippen LogP contribution in [0.2, 0.25) is 0 Å². The van der Waals surface area contributed by atoms with Crippen LogP contribution in [-0.4, -0.2) is 15.0 Å². The fraction of sp³-hybridized carbons (Fsp3) is 0.0625. The first-order valence-electron chi connectivity index (χ1n) is 17.7. The first-order chi connectivity index (χ1) is 25.5. The number of fused-ring (bicyclic) bond motifs is 6. The van der Waals surface area contributed by atoms with Gasteiger partial charge in [-0.25, -0.2) is 15.0 Å². The molecule has 10 rings (SSSR count). The number of hydrogen-bond acceptors (Lipinski definition) is 4. The van der Waals surface area contributed by atoms with Crippen LogP contribution in [0.1, 0.15) is 25.0 Å². The highest BCUT2D eigenvalue weighted by Gasteiger charge is 2.38. The Hall–Kier alpha value is -6.65. The lowest BCUT2D eigenvalue weighted by Gasteiger charge is -2.24. The molecule has 0 N–H and O–H groups in total. The van der Waals surface area contributed by atoms with Gasteiger partial charge in [0.05, 0.1) is 0 Å². The Balaban J connectivity index is 1.11. The van der Waals surface area contributed by atoms with Gasteiger partial charge in [-0.05, 0) is 68.8 Å². The molecule has 4 nitrogen and oxygen atoms in total. The lowest BCUT2D eigenvalue weighted by Crippen LogP contribution is -2.17. The van der Waals surface area contributed by atoms with Crippen molar-refractivity contribution in [2.75, 3.05) is 0 Å². The Kier molecular flexibility index (Phi) is 6.80. The van der Waals surface area contributed by atoms with E-state index < -0.39 is 0 Å². The topological polar surface area (TPSA) is 51.8 Å². The molecule has 0 saturated heterocycles. The van der Waals surface area contributed by atoms with Crippen molar-refractivity contribution < 1.29 is 4.42 Å². The Morgan fingerprint density at radius 2 is 0.981 bits per heavy atom. The molecule has 0 unspecified atom stereocenters. The molecule has 52 heavy (non-hydrogen) atoms. The fourth-order valence-corrected chi connectivity index (χ4v) is 8.08. The first-order valence-corrected chi connectivity index (χ1v) is 17.7. The van der Waals surface area contributed by atoms with Gasteiger partial charge in [0.25, 0.3) is 0 Å². The number of nitrogens with zero attached hydrogens (tertiary/aromatic N) is 3. The summed E-state index contributed by atoms with van der Waals surface area (Å²) >= 11 is 0. The van der Waals surface area contributed by atoms with Crippen LogP contribution in [0.4, 0.5) is 0 Å². The van der Waals surface area contributed by atoms with Crippen molar-refractivity contribution in [1.82, 2.24) is 15.0 Å². The number of hydrogen-bond donors (Lipinski definition) is 0. The van der Waals surface area contributed by atoms with Crippen molar-refractivity contribution in [3.63, 3.8) is 0 Å². The van der Waals surface area contributed by atoms with E-state index in [1.807, 2.05) is 30.3 Å². The zero-order valence-electron chi connectivity index (χ0n) is 28.8. The summed E-state index contributed by atoms with van der Waals surface area (Å²) in [5, 5.41) is 2.23. The Morgan fingerprint density at radius 3 is 1.81 bits per heavy atom. The van der Waals surface area contributed by atoms with E-state index in [2.05, 4.69) is 147 Å². The van der Waals surface area contributed by atoms with E-state index in [9.17, 15) is 0 Å². The lowest BCUT2D eigenvalue weighted by atomic mass is 9.80. The molecular weight excluding hydrogens is 635 g/mol. The van der Waals surface area contributed by atoms with Gasteiger partial charge in [-0.1, -0.05) is 153 Å². The Labute approximate surface area is 302 Å². The van der Waals surface area contributed by atoms with Crippen LogP contribution in [0.5, 0.6) is 0 Å². The van der Waals surface area contributed by atoms with Crippen LogP contribution in [0.25, 0.3) is 89.5 Å². The molecule has 2 heterocycles. The van der Waals surface area contributed by atoms with Gasteiger partial charge in [0.2, 0.25) is 0 Å². The molecule has 0 spiro atoms. The van der Waals surface area contributed by atoms with E-state index in [-0.39, 0.29) is 5.41 Å². The summed E-state index contributed by atoms with van der Waals surface area (Å²) in [6.07, 6.45) is 0. The third-order valence-corrected chi connectivity index (χ3v) is 10.5. The summed E-state index contributed by atoms with van der Waals surface area (Å²) < 4.78 is 6.46. The maximum absolute atomic E-state index is 6.46. The van der Waals surface area contributed by atoms with Crippen LogP contribution >= 0.6 is 0 Å². The zero-order chi connectivity index (χ0) is 34.8. The van der Waals surface area contributed by atoms with Gasteiger partial charge in [-0.15, -0.1) is 0 Å². The average molecular weight is 668 g/mol. The summed E-state index contributed by atoms with van der Waals surface area (Å²) in [6.45, 7) is 4.60. The molecular formula is C48H33N3O. The second-order valence-electron chi connectivity index (χ2n) is 14.0. The average Bonchev–Trinajstić information content (AvgIpc) is 3.70. The fourth-order valence-electron chi connectivity index (χ4n) is 8.08. The molecule has 0 bridgehead atoms. The number of benzene rings is 7. The quantitative estimate of drug-likeness (QED) is 0.183. The van der Waals surface area contributed by atoms with Crippen molar-refractivity contribution in [2.45, 2.75) is 19.3 Å². The highest BCUT2D eigenvalue weighted by atomic mass is 16.3. The molecule has 0 atom stereocenters. The standard InChI is InChI=1S/C48H33N3O/c1-48(2)40-24-10-9-20-36(40)37-22-12-23-39(44(37)48)47-50-45(31-16-7-4-8-17-31)49-46(51-47)34-19-11-18-32(28-34)33-26-27-38-42(29-33)52-41-25-13-21-35(43(38)41)30-14-5-3-6-15-30/h3-29H,1-2H3. The van der Waals surface area contributed by atoms with Gasteiger partial charge >= 0.3 is 0 Å². The molecule has 1 aliphatic carbocycles. The summed E-state index contributed by atoms with van der Waals surface area (Å²) in [5.41, 5.74) is 14.0. The molecule has 0 radical (unpaired) electrons. The zero-order valence-corrected chi connectivity index (χ0v) is 28.8. The third-order valence-electron chi connectivity index (χ3n) is 10.5. The molecule has 0 amide bonds. The maximum atomic E-state index is 6.46. The molecule has 7 aromatic carbocycles. The second kappa shape index (κ2) is 11.7. The van der Waals surface area contributed by atoms with Gasteiger partial charge in [0.15, 0.2) is 17.5 Å². The molecule has 4 heteroatoms. The summed E-state index contributed by atoms with van der Waals surface area (Å²) in [6, 6.07) is 57.1. The van der Waals surface area contributed by atoms with Crippen LogP contribution in [0.15, 0.2) is 168 Å². The van der Waals surface area contributed by atoms with Gasteiger partial charge in [-0.2, -0.15) is 0 Å². The van der Waals surface area contributed by atoms with Crippen molar-refractivity contribution >= 4 is 21.9 Å². The van der Waals surface area contributed by atoms with Crippen LogP contribution in [-0.2, 0) is 5.41 Å². The van der Waals surface area contributed by atoms with Gasteiger partial charge < -0.3 is 4.42 Å². The van der Waals surface area contributed by atoms with Crippen LogP contribution in [0.3, 0.4) is 0 Å². The normalized spacial score (nSPS) is 13.0. The van der Waals surface area contributed by atoms with Crippen molar-refractivity contribution in [3.05, 3.63) is 175 Å². The van der Waals surface area contributed by atoms with Crippen LogP contribution in [0, 0.1) is 0 Å². The van der Waals surface area contributed by atoms with E-state index in [1.165, 1.54) is 33.4 Å². The largest absolute Gasteiger partial charge is 0.456 e. The minimum absolute atomic E-state index is 0.209. The molecule has 0 fully saturated rings. The predicted molar refractivity (Wildman–Crippen MR) is 212 cm³/mol. The Morgan fingerprint density at radius 1 is 0.404 bits per heavy atom. The first kappa shape index (κ1) is 30.2. The summed E-state index contributed by atoms with van der Waals surface area (Å²) in [4.78, 5) is 15.4. The predicted octanol–water partition coefficient (Wildman–Crippen LogP) is 12.4. The lowest BCUT2D eigenvalue weighted by molar-refractivity contribution is 0.661. The minimum atomic E-state index is -0.209. The van der Waals surface area contributed by atoms with Crippen molar-refractivity contribution in [3.8, 4) is 67.5 Å². The van der Waals surface area contributed by atoms with Crippen molar-refractivity contribution in [2.24, 2.45) is 0 Å². The SMILES string of the molecule is CC1(C)c2ccccc2-c2cccc(-c3nc(-c4ccccc4)nc(-c4cccc(-c5ccc6c(c5)oc5cccc(-c7ccccc7)c56)c4)n3)c21. The maximum Gasteiger partial charge on any atom is 0.164 e. The number of aromatic nitrogens is 3. The summed E-state index contributed by atoms with van der Waals surface area (Å²) in [5.74, 6) is 1.95. The van der Waals surface area contributed by atoms with E-state index in [0.717, 1.165) is 49.8 Å². The van der Waals surface area contributed by atoms with Gasteiger partial charge in [0.1, 0.15) is 11.2 Å². The van der Waals surface area contributed by atoms with Crippen molar-refractivity contribution in [1.29, 1.82) is 0 Å². The molecule has 0 aliphatic heterocycles. The minimum Gasteiger partial charge on any atom is -0.456 e. The van der Waals surface area contributed by atoms with E-state index in [0.29, 0.717) is 17.5 Å². The second-order valence-corrected chi connectivity index (χ2v) is 14.0. The Bertz CT molecular complexity index is 2820. The smallest absolute Gasteiger partial charge is 0.164 e. The van der Waals surface area contributed by atoms with E-state index in [4.69, 9.17) is 19.4 Å². The molecule has 1 aliphatic rings. The third kappa shape index (κ3) is 4.79. The van der Waals surface area contributed by atoms with Gasteiger partial charge in [0, 0.05) is 32.9 Å². The molecule has 2 aromatic heterocycles.